The van der Waals surface area contributed by atoms with E-state index in [4.69, 9.17) is 0 Å². The molecular weight excluding hydrogens is 386 g/mol. The van der Waals surface area contributed by atoms with Gasteiger partial charge in [0.2, 0.25) is 10.0 Å². The van der Waals surface area contributed by atoms with Gasteiger partial charge in [-0.05, 0) is 49.6 Å². The van der Waals surface area contributed by atoms with E-state index in [0.717, 1.165) is 30.2 Å². The van der Waals surface area contributed by atoms with Crippen LogP contribution in [-0.2, 0) is 10.0 Å². The zero-order chi connectivity index (χ0) is 20.4. The highest BCUT2D eigenvalue weighted by molar-refractivity contribution is 7.89. The average molecular weight is 410 g/mol. The standard InChI is InChI=1S/C22H23N3O3S/c1-16-9-10-18(14-21(16)29(27,28)25-11-5-2-6-12-25)22(26)24-19-13-17-7-3-4-8-20(17)23-15-19/h3-4,7-10,13-15H,2,5-6,11-12H2,1H3,(H,24,26). The number of rotatable bonds is 4. The van der Waals surface area contributed by atoms with E-state index >= 15 is 0 Å². The van der Waals surface area contributed by atoms with Crippen molar-refractivity contribution in [3.63, 3.8) is 0 Å². The number of anilines is 1. The highest BCUT2D eigenvalue weighted by atomic mass is 32.2. The Balaban J connectivity index is 1.61. The zero-order valence-electron chi connectivity index (χ0n) is 16.3. The minimum atomic E-state index is -3.61. The summed E-state index contributed by atoms with van der Waals surface area (Å²) in [5.74, 6) is -0.364. The van der Waals surface area contributed by atoms with Gasteiger partial charge in [0, 0.05) is 24.0 Å². The highest BCUT2D eigenvalue weighted by Gasteiger charge is 2.28. The molecule has 2 aromatic carbocycles. The van der Waals surface area contributed by atoms with Crippen LogP contribution in [0.4, 0.5) is 5.69 Å². The molecule has 6 nitrogen and oxygen atoms in total. The van der Waals surface area contributed by atoms with Crippen molar-refractivity contribution in [1.82, 2.24) is 9.29 Å². The Hall–Kier alpha value is -2.77. The van der Waals surface area contributed by atoms with E-state index in [2.05, 4.69) is 10.3 Å². The Morgan fingerprint density at radius 2 is 1.79 bits per heavy atom. The molecule has 0 unspecified atom stereocenters. The van der Waals surface area contributed by atoms with Crippen LogP contribution in [0.2, 0.25) is 0 Å². The number of nitrogens with zero attached hydrogens (tertiary/aromatic N) is 2. The van der Waals surface area contributed by atoms with Crippen LogP contribution in [0, 0.1) is 6.92 Å². The number of benzene rings is 2. The molecule has 29 heavy (non-hydrogen) atoms. The molecule has 7 heteroatoms. The second-order valence-electron chi connectivity index (χ2n) is 7.32. The lowest BCUT2D eigenvalue weighted by Gasteiger charge is -2.26. The van der Waals surface area contributed by atoms with Crippen LogP contribution in [0.1, 0.15) is 35.2 Å². The van der Waals surface area contributed by atoms with Crippen molar-refractivity contribution in [2.75, 3.05) is 18.4 Å². The number of hydrogen-bond donors (Lipinski definition) is 1. The lowest BCUT2D eigenvalue weighted by Crippen LogP contribution is -2.36. The van der Waals surface area contributed by atoms with E-state index < -0.39 is 10.0 Å². The molecule has 1 aliphatic rings. The number of carbonyl (C=O) groups is 1. The molecule has 1 aliphatic heterocycles. The number of sulfonamides is 1. The number of hydrogen-bond acceptors (Lipinski definition) is 4. The molecule has 0 bridgehead atoms. The van der Waals surface area contributed by atoms with Gasteiger partial charge in [0.25, 0.3) is 5.91 Å². The predicted octanol–water partition coefficient (Wildman–Crippen LogP) is 3.97. The van der Waals surface area contributed by atoms with E-state index in [1.54, 1.807) is 25.3 Å². The minimum Gasteiger partial charge on any atom is -0.321 e. The first kappa shape index (κ1) is 19.5. The minimum absolute atomic E-state index is 0.198. The fourth-order valence-electron chi connectivity index (χ4n) is 3.61. The fourth-order valence-corrected chi connectivity index (χ4v) is 5.37. The second-order valence-corrected chi connectivity index (χ2v) is 9.22. The number of carbonyl (C=O) groups excluding carboxylic acids is 1. The molecule has 2 heterocycles. The molecule has 0 spiro atoms. The van der Waals surface area contributed by atoms with Gasteiger partial charge in [0.15, 0.2) is 0 Å². The molecule has 1 saturated heterocycles. The van der Waals surface area contributed by atoms with Crippen LogP contribution >= 0.6 is 0 Å². The first-order valence-electron chi connectivity index (χ1n) is 9.72. The first-order valence-corrected chi connectivity index (χ1v) is 11.2. The molecule has 150 valence electrons. The topological polar surface area (TPSA) is 79.4 Å². The third-order valence-electron chi connectivity index (χ3n) is 5.23. The Morgan fingerprint density at radius 1 is 1.03 bits per heavy atom. The maximum Gasteiger partial charge on any atom is 0.255 e. The number of fused-ring (bicyclic) bond motifs is 1. The third-order valence-corrected chi connectivity index (χ3v) is 7.27. The molecule has 1 N–H and O–H groups in total. The Morgan fingerprint density at radius 3 is 2.59 bits per heavy atom. The summed E-state index contributed by atoms with van der Waals surface area (Å²) in [6, 6.07) is 14.3. The van der Waals surface area contributed by atoms with Crippen LogP contribution in [0.15, 0.2) is 59.6 Å². The van der Waals surface area contributed by atoms with Gasteiger partial charge in [0.05, 0.1) is 22.3 Å². The molecule has 4 rings (SSSR count). The number of amides is 1. The van der Waals surface area contributed by atoms with Gasteiger partial charge < -0.3 is 5.32 Å². The van der Waals surface area contributed by atoms with Crippen LogP contribution in [0.25, 0.3) is 10.9 Å². The lowest BCUT2D eigenvalue weighted by atomic mass is 10.1. The van der Waals surface area contributed by atoms with Crippen LogP contribution in [-0.4, -0.2) is 36.7 Å². The van der Waals surface area contributed by atoms with Gasteiger partial charge in [-0.3, -0.25) is 9.78 Å². The fraction of sp³-hybridized carbons (Fsp3) is 0.273. The maximum atomic E-state index is 13.1. The highest BCUT2D eigenvalue weighted by Crippen LogP contribution is 2.25. The van der Waals surface area contributed by atoms with E-state index in [1.807, 2.05) is 30.3 Å². The van der Waals surface area contributed by atoms with Gasteiger partial charge in [-0.2, -0.15) is 4.31 Å². The molecule has 0 atom stereocenters. The summed E-state index contributed by atoms with van der Waals surface area (Å²) in [4.78, 5) is 17.3. The van der Waals surface area contributed by atoms with Crippen LogP contribution < -0.4 is 5.32 Å². The normalized spacial score (nSPS) is 15.3. The quantitative estimate of drug-likeness (QED) is 0.707. The number of para-hydroxylation sites is 1. The summed E-state index contributed by atoms with van der Waals surface area (Å²) in [7, 11) is -3.61. The van der Waals surface area contributed by atoms with Crippen molar-refractivity contribution in [2.45, 2.75) is 31.1 Å². The van der Waals surface area contributed by atoms with Crippen LogP contribution in [0.3, 0.4) is 0 Å². The number of aromatic nitrogens is 1. The summed E-state index contributed by atoms with van der Waals surface area (Å²) in [5, 5.41) is 3.74. The molecular formula is C22H23N3O3S. The maximum absolute atomic E-state index is 13.1. The Kier molecular flexibility index (Phi) is 5.34. The summed E-state index contributed by atoms with van der Waals surface area (Å²) in [6.07, 6.45) is 4.38. The van der Waals surface area contributed by atoms with Gasteiger partial charge in [0.1, 0.15) is 0 Å². The lowest BCUT2D eigenvalue weighted by molar-refractivity contribution is 0.102. The summed E-state index contributed by atoms with van der Waals surface area (Å²) in [6.45, 7) is 2.81. The SMILES string of the molecule is Cc1ccc(C(=O)Nc2cnc3ccccc3c2)cc1S(=O)(=O)N1CCCCC1. The smallest absolute Gasteiger partial charge is 0.255 e. The number of nitrogens with one attached hydrogen (secondary N) is 1. The Bertz CT molecular complexity index is 1170. The number of aryl methyl sites for hydroxylation is 1. The van der Waals surface area contributed by atoms with Crippen molar-refractivity contribution in [2.24, 2.45) is 0 Å². The van der Waals surface area contributed by atoms with Crippen molar-refractivity contribution in [3.8, 4) is 0 Å². The van der Waals surface area contributed by atoms with E-state index in [0.29, 0.717) is 29.9 Å². The van der Waals surface area contributed by atoms with Crippen molar-refractivity contribution in [3.05, 3.63) is 65.9 Å². The van der Waals surface area contributed by atoms with Crippen molar-refractivity contribution >= 4 is 32.5 Å². The molecule has 1 fully saturated rings. The first-order chi connectivity index (χ1) is 13.9. The van der Waals surface area contributed by atoms with Gasteiger partial charge in [-0.15, -0.1) is 0 Å². The molecule has 0 radical (unpaired) electrons. The summed E-state index contributed by atoms with van der Waals surface area (Å²) in [5.41, 5.74) is 2.35. The van der Waals surface area contributed by atoms with Gasteiger partial charge in [-0.25, -0.2) is 8.42 Å². The molecule has 0 saturated carbocycles. The van der Waals surface area contributed by atoms with E-state index in [1.165, 1.54) is 10.4 Å². The van der Waals surface area contributed by atoms with Gasteiger partial charge >= 0.3 is 0 Å². The van der Waals surface area contributed by atoms with Gasteiger partial charge in [-0.1, -0.05) is 30.7 Å². The monoisotopic (exact) mass is 409 g/mol. The summed E-state index contributed by atoms with van der Waals surface area (Å²) >= 11 is 0. The van der Waals surface area contributed by atoms with Crippen molar-refractivity contribution < 1.29 is 13.2 Å². The average Bonchev–Trinajstić information content (AvgIpc) is 2.74. The van der Waals surface area contributed by atoms with E-state index in [9.17, 15) is 13.2 Å². The second kappa shape index (κ2) is 7.93. The zero-order valence-corrected chi connectivity index (χ0v) is 17.1. The van der Waals surface area contributed by atoms with Crippen molar-refractivity contribution in [1.29, 1.82) is 0 Å². The largest absolute Gasteiger partial charge is 0.321 e. The van der Waals surface area contributed by atoms with Crippen LogP contribution in [0.5, 0.6) is 0 Å². The summed E-state index contributed by atoms with van der Waals surface area (Å²) < 4.78 is 27.7. The number of piperidine rings is 1. The predicted molar refractivity (Wildman–Crippen MR) is 113 cm³/mol. The third kappa shape index (κ3) is 4.02. The molecule has 1 amide bonds. The Labute approximate surface area is 170 Å². The molecule has 1 aromatic heterocycles. The molecule has 0 aliphatic carbocycles. The number of pyridine rings is 1. The molecule has 3 aromatic rings. The van der Waals surface area contributed by atoms with E-state index in [-0.39, 0.29) is 10.8 Å².